The van der Waals surface area contributed by atoms with Crippen LogP contribution in [0.15, 0.2) is 35.6 Å². The molecule has 4 nitrogen and oxygen atoms in total. The summed E-state index contributed by atoms with van der Waals surface area (Å²) >= 11 is 7.53. The molecule has 1 unspecified atom stereocenters. The zero-order valence-corrected chi connectivity index (χ0v) is 11.6. The summed E-state index contributed by atoms with van der Waals surface area (Å²) in [7, 11) is 0. The third-order valence-electron chi connectivity index (χ3n) is 2.86. The van der Waals surface area contributed by atoms with E-state index in [4.69, 9.17) is 22.1 Å². The molecular formula is C13H12ClN3OS. The summed E-state index contributed by atoms with van der Waals surface area (Å²) in [6.45, 7) is 0. The number of thioether (sulfide) groups is 1. The van der Waals surface area contributed by atoms with Crippen LogP contribution in [0.4, 0.5) is 5.82 Å². The van der Waals surface area contributed by atoms with E-state index in [1.54, 1.807) is 24.2 Å². The van der Waals surface area contributed by atoms with Crippen molar-refractivity contribution in [2.45, 2.75) is 17.6 Å². The highest BCUT2D eigenvalue weighted by molar-refractivity contribution is 7.99. The van der Waals surface area contributed by atoms with E-state index in [-0.39, 0.29) is 6.10 Å². The highest BCUT2D eigenvalue weighted by Crippen LogP contribution is 2.33. The van der Waals surface area contributed by atoms with E-state index in [9.17, 15) is 0 Å². The fraction of sp³-hybridized carbons (Fsp3) is 0.231. The van der Waals surface area contributed by atoms with Crippen LogP contribution < -0.4 is 10.5 Å². The van der Waals surface area contributed by atoms with Crippen molar-refractivity contribution in [3.63, 3.8) is 0 Å². The number of halogens is 1. The van der Waals surface area contributed by atoms with Gasteiger partial charge in [-0.2, -0.15) is 0 Å². The molecule has 0 fully saturated rings. The van der Waals surface area contributed by atoms with Crippen LogP contribution in [0.25, 0.3) is 0 Å². The molecule has 0 spiro atoms. The fourth-order valence-electron chi connectivity index (χ4n) is 2.00. The molecule has 1 aromatic carbocycles. The summed E-state index contributed by atoms with van der Waals surface area (Å²) in [5.41, 5.74) is 6.91. The van der Waals surface area contributed by atoms with Crippen molar-refractivity contribution >= 4 is 29.2 Å². The zero-order valence-electron chi connectivity index (χ0n) is 10.0. The third kappa shape index (κ3) is 2.77. The van der Waals surface area contributed by atoms with Crippen LogP contribution in [-0.4, -0.2) is 21.8 Å². The molecule has 3 rings (SSSR count). The van der Waals surface area contributed by atoms with Crippen LogP contribution in [0.1, 0.15) is 5.56 Å². The first-order chi connectivity index (χ1) is 9.22. The second-order valence-electron chi connectivity index (χ2n) is 4.25. The van der Waals surface area contributed by atoms with Gasteiger partial charge in [-0.15, -0.1) is 0 Å². The van der Waals surface area contributed by atoms with Gasteiger partial charge in [0.25, 0.3) is 0 Å². The van der Waals surface area contributed by atoms with E-state index in [0.717, 1.165) is 33.5 Å². The Balaban J connectivity index is 1.63. The van der Waals surface area contributed by atoms with Crippen molar-refractivity contribution < 1.29 is 4.74 Å². The van der Waals surface area contributed by atoms with Crippen LogP contribution in [0.2, 0.25) is 5.02 Å². The first-order valence-electron chi connectivity index (χ1n) is 5.87. The van der Waals surface area contributed by atoms with Gasteiger partial charge in [-0.3, -0.25) is 0 Å². The van der Waals surface area contributed by atoms with Crippen molar-refractivity contribution in [2.24, 2.45) is 0 Å². The summed E-state index contributed by atoms with van der Waals surface area (Å²) in [6, 6.07) is 5.72. The Labute approximate surface area is 120 Å². The number of hydrogen-bond donors (Lipinski definition) is 1. The average molecular weight is 294 g/mol. The second-order valence-corrected chi connectivity index (χ2v) is 5.70. The highest BCUT2D eigenvalue weighted by atomic mass is 35.5. The summed E-state index contributed by atoms with van der Waals surface area (Å²) in [5, 5.41) is 1.49. The molecule has 1 aromatic heterocycles. The van der Waals surface area contributed by atoms with Gasteiger partial charge >= 0.3 is 0 Å². The standard InChI is InChI=1S/C13H12ClN3OS/c14-9-1-2-11-8(5-9)6-10(18-11)7-19-13-12(15)16-3-4-17-13/h1-5,10H,6-7H2,(H2,15,16). The predicted octanol–water partition coefficient (Wildman–Crippen LogP) is 2.81. The maximum atomic E-state index is 5.97. The predicted molar refractivity (Wildman–Crippen MR) is 76.7 cm³/mol. The van der Waals surface area contributed by atoms with Gasteiger partial charge in [-0.25, -0.2) is 9.97 Å². The Kier molecular flexibility index (Phi) is 3.48. The van der Waals surface area contributed by atoms with Gasteiger partial charge in [-0.1, -0.05) is 23.4 Å². The topological polar surface area (TPSA) is 61.0 Å². The number of nitrogen functional groups attached to an aromatic ring is 1. The minimum absolute atomic E-state index is 0.125. The largest absolute Gasteiger partial charge is 0.489 e. The monoisotopic (exact) mass is 293 g/mol. The van der Waals surface area contributed by atoms with Gasteiger partial charge < -0.3 is 10.5 Å². The highest BCUT2D eigenvalue weighted by Gasteiger charge is 2.23. The number of hydrogen-bond acceptors (Lipinski definition) is 5. The van der Waals surface area contributed by atoms with Gasteiger partial charge in [0.15, 0.2) is 5.82 Å². The number of anilines is 1. The lowest BCUT2D eigenvalue weighted by Crippen LogP contribution is -2.16. The van der Waals surface area contributed by atoms with Crippen molar-refractivity contribution in [3.05, 3.63) is 41.2 Å². The molecular weight excluding hydrogens is 282 g/mol. The van der Waals surface area contributed by atoms with Crippen LogP contribution in [0.5, 0.6) is 5.75 Å². The van der Waals surface area contributed by atoms with Crippen LogP contribution in [0, 0.1) is 0 Å². The lowest BCUT2D eigenvalue weighted by Gasteiger charge is -2.10. The molecule has 6 heteroatoms. The Morgan fingerprint density at radius 2 is 2.21 bits per heavy atom. The molecule has 2 heterocycles. The summed E-state index contributed by atoms with van der Waals surface area (Å²) in [6.07, 6.45) is 4.22. The minimum atomic E-state index is 0.125. The van der Waals surface area contributed by atoms with Crippen molar-refractivity contribution in [3.8, 4) is 5.75 Å². The van der Waals surface area contributed by atoms with Crippen LogP contribution in [0.3, 0.4) is 0 Å². The number of rotatable bonds is 3. The van der Waals surface area contributed by atoms with E-state index >= 15 is 0 Å². The Morgan fingerprint density at radius 3 is 3.05 bits per heavy atom. The van der Waals surface area contributed by atoms with E-state index in [2.05, 4.69) is 9.97 Å². The number of benzene rings is 1. The Hall–Kier alpha value is -1.46. The number of nitrogens with zero attached hydrogens (tertiary/aromatic N) is 2. The van der Waals surface area contributed by atoms with Gasteiger partial charge in [0.05, 0.1) is 0 Å². The molecule has 1 aliphatic heterocycles. The number of fused-ring (bicyclic) bond motifs is 1. The molecule has 0 aliphatic carbocycles. The molecule has 0 bridgehead atoms. The van der Waals surface area contributed by atoms with Crippen molar-refractivity contribution in [1.82, 2.24) is 9.97 Å². The van der Waals surface area contributed by atoms with Crippen molar-refractivity contribution in [2.75, 3.05) is 11.5 Å². The molecule has 0 saturated carbocycles. The molecule has 2 aromatic rings. The Morgan fingerprint density at radius 1 is 1.37 bits per heavy atom. The number of ether oxygens (including phenoxy) is 1. The lowest BCUT2D eigenvalue weighted by molar-refractivity contribution is 0.259. The smallest absolute Gasteiger partial charge is 0.156 e. The van der Waals surface area contributed by atoms with Crippen LogP contribution in [-0.2, 0) is 6.42 Å². The van der Waals surface area contributed by atoms with E-state index in [0.29, 0.717) is 5.82 Å². The molecule has 0 amide bonds. The van der Waals surface area contributed by atoms with Crippen LogP contribution >= 0.6 is 23.4 Å². The molecule has 1 aliphatic rings. The molecule has 1 atom stereocenters. The number of aromatic nitrogens is 2. The second kappa shape index (κ2) is 5.27. The van der Waals surface area contributed by atoms with Gasteiger partial charge in [-0.05, 0) is 23.8 Å². The molecule has 19 heavy (non-hydrogen) atoms. The first kappa shape index (κ1) is 12.6. The molecule has 2 N–H and O–H groups in total. The fourth-order valence-corrected chi connectivity index (χ4v) is 3.06. The maximum Gasteiger partial charge on any atom is 0.156 e. The zero-order chi connectivity index (χ0) is 13.2. The Bertz CT molecular complexity index is 608. The summed E-state index contributed by atoms with van der Waals surface area (Å²) in [4.78, 5) is 8.21. The van der Waals surface area contributed by atoms with Crippen molar-refractivity contribution in [1.29, 1.82) is 0 Å². The SMILES string of the molecule is Nc1nccnc1SCC1Cc2cc(Cl)ccc2O1. The molecule has 0 radical (unpaired) electrons. The molecule has 98 valence electrons. The summed E-state index contributed by atoms with van der Waals surface area (Å²) in [5.74, 6) is 2.17. The number of nitrogens with two attached hydrogens (primary N) is 1. The summed E-state index contributed by atoms with van der Waals surface area (Å²) < 4.78 is 5.86. The maximum absolute atomic E-state index is 5.97. The van der Waals surface area contributed by atoms with E-state index in [1.165, 1.54) is 0 Å². The van der Waals surface area contributed by atoms with E-state index in [1.807, 2.05) is 18.2 Å². The first-order valence-corrected chi connectivity index (χ1v) is 7.23. The minimum Gasteiger partial charge on any atom is -0.489 e. The third-order valence-corrected chi connectivity index (χ3v) is 4.22. The quantitative estimate of drug-likeness (QED) is 0.882. The normalized spacial score (nSPS) is 17.0. The average Bonchev–Trinajstić information content (AvgIpc) is 2.79. The van der Waals surface area contributed by atoms with Gasteiger partial charge in [0.1, 0.15) is 16.9 Å². The van der Waals surface area contributed by atoms with Gasteiger partial charge in [0.2, 0.25) is 0 Å². The lowest BCUT2D eigenvalue weighted by atomic mass is 10.1. The van der Waals surface area contributed by atoms with Gasteiger partial charge in [0, 0.05) is 29.6 Å². The molecule has 0 saturated heterocycles. The van der Waals surface area contributed by atoms with E-state index < -0.39 is 0 Å².